The fourth-order valence-electron chi connectivity index (χ4n) is 1.88. The fourth-order valence-corrected chi connectivity index (χ4v) is 1.88. The van der Waals surface area contributed by atoms with E-state index in [-0.39, 0.29) is 0 Å². The summed E-state index contributed by atoms with van der Waals surface area (Å²) in [6.45, 7) is 0. The van der Waals surface area contributed by atoms with Crippen LogP contribution in [0.1, 0.15) is 23.0 Å². The molecular formula is C15H15NO3. The third-order valence-corrected chi connectivity index (χ3v) is 2.72. The van der Waals surface area contributed by atoms with E-state index in [1.807, 2.05) is 36.4 Å². The molecule has 0 radical (unpaired) electrons. The van der Waals surface area contributed by atoms with Gasteiger partial charge in [0.1, 0.15) is 12.8 Å². The SMILES string of the molecule is CO/N=C(\c1ccccc1)c1ccccc1C(O)O. The van der Waals surface area contributed by atoms with Crippen LogP contribution in [0.5, 0.6) is 0 Å². The number of oxime groups is 1. The lowest BCUT2D eigenvalue weighted by Gasteiger charge is -2.13. The van der Waals surface area contributed by atoms with Gasteiger partial charge in [0.25, 0.3) is 0 Å². The first-order valence-corrected chi connectivity index (χ1v) is 5.86. The van der Waals surface area contributed by atoms with Crippen molar-refractivity contribution in [2.75, 3.05) is 7.11 Å². The molecule has 4 heteroatoms. The van der Waals surface area contributed by atoms with E-state index in [0.717, 1.165) is 5.56 Å². The van der Waals surface area contributed by atoms with Gasteiger partial charge in [-0.3, -0.25) is 0 Å². The summed E-state index contributed by atoms with van der Waals surface area (Å²) in [5.74, 6) is 0. The van der Waals surface area contributed by atoms with Crippen molar-refractivity contribution in [2.24, 2.45) is 5.16 Å². The zero-order valence-electron chi connectivity index (χ0n) is 10.5. The molecule has 0 spiro atoms. The Labute approximate surface area is 111 Å². The van der Waals surface area contributed by atoms with E-state index in [2.05, 4.69) is 5.16 Å². The van der Waals surface area contributed by atoms with Crippen LogP contribution in [-0.2, 0) is 4.84 Å². The number of hydrogen-bond acceptors (Lipinski definition) is 4. The summed E-state index contributed by atoms with van der Waals surface area (Å²) in [6, 6.07) is 16.4. The highest BCUT2D eigenvalue weighted by Gasteiger charge is 2.15. The molecule has 2 N–H and O–H groups in total. The molecule has 0 heterocycles. The average molecular weight is 257 g/mol. The van der Waals surface area contributed by atoms with Crippen LogP contribution in [0.3, 0.4) is 0 Å². The van der Waals surface area contributed by atoms with Crippen molar-refractivity contribution in [1.82, 2.24) is 0 Å². The summed E-state index contributed by atoms with van der Waals surface area (Å²) < 4.78 is 0. The molecule has 0 saturated heterocycles. The number of nitrogens with zero attached hydrogens (tertiary/aromatic N) is 1. The molecule has 2 rings (SSSR count). The minimum absolute atomic E-state index is 0.391. The van der Waals surface area contributed by atoms with Crippen molar-refractivity contribution in [2.45, 2.75) is 6.29 Å². The standard InChI is InChI=1S/C15H15NO3/c1-19-16-14(11-7-3-2-4-8-11)12-9-5-6-10-13(12)15(17)18/h2-10,15,17-18H,1H3/b16-14+. The molecule has 0 aliphatic heterocycles. The Morgan fingerprint density at radius 1 is 1.00 bits per heavy atom. The van der Waals surface area contributed by atoms with Gasteiger partial charge < -0.3 is 15.1 Å². The van der Waals surface area contributed by atoms with Crippen LogP contribution in [0.15, 0.2) is 59.8 Å². The highest BCUT2D eigenvalue weighted by molar-refractivity contribution is 6.13. The van der Waals surface area contributed by atoms with Gasteiger partial charge in [-0.2, -0.15) is 0 Å². The maximum atomic E-state index is 9.43. The second-order valence-electron chi connectivity index (χ2n) is 3.95. The predicted molar refractivity (Wildman–Crippen MR) is 72.7 cm³/mol. The second kappa shape index (κ2) is 6.13. The van der Waals surface area contributed by atoms with E-state index in [1.165, 1.54) is 7.11 Å². The number of aliphatic hydroxyl groups excluding tert-OH is 1. The number of hydrogen-bond donors (Lipinski definition) is 2. The normalized spacial score (nSPS) is 11.7. The van der Waals surface area contributed by atoms with Crippen LogP contribution in [0.2, 0.25) is 0 Å². The molecular weight excluding hydrogens is 242 g/mol. The summed E-state index contributed by atoms with van der Waals surface area (Å²) in [5, 5.41) is 22.9. The average Bonchev–Trinajstić information content (AvgIpc) is 2.45. The zero-order valence-corrected chi connectivity index (χ0v) is 10.5. The Morgan fingerprint density at radius 3 is 2.26 bits per heavy atom. The summed E-state index contributed by atoms with van der Waals surface area (Å²) in [7, 11) is 1.46. The summed E-state index contributed by atoms with van der Waals surface area (Å²) in [6.07, 6.45) is -1.55. The van der Waals surface area contributed by atoms with Gasteiger partial charge in [0.2, 0.25) is 0 Å². The molecule has 0 fully saturated rings. The van der Waals surface area contributed by atoms with Crippen molar-refractivity contribution >= 4 is 5.71 Å². The van der Waals surface area contributed by atoms with Crippen LogP contribution < -0.4 is 0 Å². The predicted octanol–water partition coefficient (Wildman–Crippen LogP) is 2.07. The van der Waals surface area contributed by atoms with E-state index in [0.29, 0.717) is 16.8 Å². The largest absolute Gasteiger partial charge is 0.399 e. The Hall–Kier alpha value is -2.17. The molecule has 0 aromatic heterocycles. The third-order valence-electron chi connectivity index (χ3n) is 2.72. The van der Waals surface area contributed by atoms with Crippen LogP contribution in [0.25, 0.3) is 0 Å². The first-order chi connectivity index (χ1) is 9.24. The third kappa shape index (κ3) is 2.99. The van der Waals surface area contributed by atoms with Crippen molar-refractivity contribution < 1.29 is 15.1 Å². The molecule has 2 aromatic rings. The molecule has 0 aliphatic rings. The molecule has 0 amide bonds. The van der Waals surface area contributed by atoms with Crippen molar-refractivity contribution in [3.8, 4) is 0 Å². The van der Waals surface area contributed by atoms with Gasteiger partial charge >= 0.3 is 0 Å². The summed E-state index contributed by atoms with van der Waals surface area (Å²) in [5.41, 5.74) is 2.43. The van der Waals surface area contributed by atoms with Crippen molar-refractivity contribution in [1.29, 1.82) is 0 Å². The Bertz CT molecular complexity index is 565. The van der Waals surface area contributed by atoms with Crippen molar-refractivity contribution in [3.05, 3.63) is 71.3 Å². The molecule has 0 saturated carbocycles. The molecule has 0 unspecified atom stereocenters. The Kier molecular flexibility index (Phi) is 4.28. The maximum Gasteiger partial charge on any atom is 0.179 e. The van der Waals surface area contributed by atoms with Gasteiger partial charge in [-0.1, -0.05) is 59.8 Å². The number of aliphatic hydroxyl groups is 2. The minimum Gasteiger partial charge on any atom is -0.399 e. The highest BCUT2D eigenvalue weighted by atomic mass is 16.6. The van der Waals surface area contributed by atoms with Crippen LogP contribution in [0.4, 0.5) is 0 Å². The molecule has 0 aliphatic carbocycles. The van der Waals surface area contributed by atoms with Gasteiger partial charge in [-0.15, -0.1) is 0 Å². The zero-order chi connectivity index (χ0) is 13.7. The van der Waals surface area contributed by atoms with Gasteiger partial charge in [0, 0.05) is 16.7 Å². The lowest BCUT2D eigenvalue weighted by Crippen LogP contribution is -2.10. The first kappa shape index (κ1) is 13.3. The Balaban J connectivity index is 2.56. The topological polar surface area (TPSA) is 62.0 Å². The summed E-state index contributed by atoms with van der Waals surface area (Å²) in [4.78, 5) is 4.87. The lowest BCUT2D eigenvalue weighted by molar-refractivity contribution is -0.0426. The second-order valence-corrected chi connectivity index (χ2v) is 3.95. The van der Waals surface area contributed by atoms with Gasteiger partial charge in [-0.25, -0.2) is 0 Å². The van der Waals surface area contributed by atoms with E-state index in [9.17, 15) is 10.2 Å². The Morgan fingerprint density at radius 2 is 1.63 bits per heavy atom. The molecule has 19 heavy (non-hydrogen) atoms. The van der Waals surface area contributed by atoms with E-state index in [1.54, 1.807) is 18.2 Å². The monoisotopic (exact) mass is 257 g/mol. The smallest absolute Gasteiger partial charge is 0.179 e. The highest BCUT2D eigenvalue weighted by Crippen LogP contribution is 2.20. The van der Waals surface area contributed by atoms with E-state index < -0.39 is 6.29 Å². The van der Waals surface area contributed by atoms with Crippen LogP contribution in [0, 0.1) is 0 Å². The molecule has 98 valence electrons. The quantitative estimate of drug-likeness (QED) is 0.500. The lowest BCUT2D eigenvalue weighted by atomic mass is 9.97. The van der Waals surface area contributed by atoms with E-state index >= 15 is 0 Å². The fraction of sp³-hybridized carbons (Fsp3) is 0.133. The molecule has 2 aromatic carbocycles. The molecule has 4 nitrogen and oxygen atoms in total. The van der Waals surface area contributed by atoms with Gasteiger partial charge in [-0.05, 0) is 0 Å². The molecule has 0 bridgehead atoms. The molecule has 0 atom stereocenters. The minimum atomic E-state index is -1.55. The summed E-state index contributed by atoms with van der Waals surface area (Å²) >= 11 is 0. The first-order valence-electron chi connectivity index (χ1n) is 5.86. The maximum absolute atomic E-state index is 9.43. The van der Waals surface area contributed by atoms with Crippen LogP contribution in [-0.4, -0.2) is 23.0 Å². The van der Waals surface area contributed by atoms with Crippen LogP contribution >= 0.6 is 0 Å². The van der Waals surface area contributed by atoms with E-state index in [4.69, 9.17) is 4.84 Å². The number of benzene rings is 2. The van der Waals surface area contributed by atoms with Gasteiger partial charge in [0.15, 0.2) is 6.29 Å². The van der Waals surface area contributed by atoms with Gasteiger partial charge in [0.05, 0.1) is 0 Å². The number of rotatable bonds is 4. The van der Waals surface area contributed by atoms with Crippen molar-refractivity contribution in [3.63, 3.8) is 0 Å².